The van der Waals surface area contributed by atoms with Crippen LogP contribution in [0, 0.1) is 5.92 Å². The molecular weight excluding hydrogens is 326 g/mol. The summed E-state index contributed by atoms with van der Waals surface area (Å²) in [7, 11) is -1.22. The fourth-order valence-electron chi connectivity index (χ4n) is 2.22. The predicted octanol–water partition coefficient (Wildman–Crippen LogP) is 1.58. The lowest BCUT2D eigenvalue weighted by molar-refractivity contribution is 0.296. The molecule has 0 spiro atoms. The molecule has 6 nitrogen and oxygen atoms in total. The van der Waals surface area contributed by atoms with E-state index in [1.54, 1.807) is 7.05 Å². The molecule has 1 saturated carbocycles. The van der Waals surface area contributed by atoms with E-state index in [4.69, 9.17) is 4.74 Å². The minimum Gasteiger partial charge on any atom is -0.493 e. The summed E-state index contributed by atoms with van der Waals surface area (Å²) in [5, 5.41) is 6.36. The molecule has 2 rings (SSSR count). The Morgan fingerprint density at radius 1 is 1.29 bits per heavy atom. The largest absolute Gasteiger partial charge is 0.493 e. The van der Waals surface area contributed by atoms with Crippen LogP contribution < -0.4 is 15.4 Å². The molecule has 1 aliphatic carbocycles. The lowest BCUT2D eigenvalue weighted by Gasteiger charge is -2.14. The van der Waals surface area contributed by atoms with E-state index in [1.807, 2.05) is 24.3 Å². The van der Waals surface area contributed by atoms with Gasteiger partial charge in [0.25, 0.3) is 0 Å². The summed E-state index contributed by atoms with van der Waals surface area (Å²) in [5.41, 5.74) is 1.08. The van der Waals surface area contributed by atoms with Crippen LogP contribution in [0.3, 0.4) is 0 Å². The number of aliphatic imine (C=N–C) groups is 1. The highest BCUT2D eigenvalue weighted by Crippen LogP contribution is 2.30. The number of nitrogens with zero attached hydrogens (tertiary/aromatic N) is 1. The Balaban J connectivity index is 1.77. The maximum absolute atomic E-state index is 11.1. The highest BCUT2D eigenvalue weighted by atomic mass is 32.2. The molecule has 24 heavy (non-hydrogen) atoms. The van der Waals surface area contributed by atoms with Crippen LogP contribution in [0.1, 0.15) is 24.8 Å². The van der Waals surface area contributed by atoms with Crippen molar-refractivity contribution in [1.82, 2.24) is 10.6 Å². The molecule has 1 aromatic carbocycles. The van der Waals surface area contributed by atoms with Gasteiger partial charge in [-0.25, -0.2) is 8.42 Å². The molecule has 134 valence electrons. The minimum absolute atomic E-state index is 0.175. The smallest absolute Gasteiger partial charge is 0.191 e. The number of rotatable bonds is 9. The van der Waals surface area contributed by atoms with Gasteiger partial charge >= 0.3 is 0 Å². The third kappa shape index (κ3) is 7.21. The van der Waals surface area contributed by atoms with Crippen molar-refractivity contribution in [2.75, 3.05) is 32.2 Å². The van der Waals surface area contributed by atoms with E-state index in [2.05, 4.69) is 15.6 Å². The van der Waals surface area contributed by atoms with Crippen LogP contribution >= 0.6 is 0 Å². The zero-order valence-electron chi connectivity index (χ0n) is 14.4. The summed E-state index contributed by atoms with van der Waals surface area (Å²) in [6.45, 7) is 1.95. The molecule has 0 bridgehead atoms. The van der Waals surface area contributed by atoms with E-state index in [9.17, 15) is 8.42 Å². The maximum atomic E-state index is 11.1. The molecule has 0 aromatic heterocycles. The zero-order valence-corrected chi connectivity index (χ0v) is 15.2. The van der Waals surface area contributed by atoms with Crippen LogP contribution in [0.15, 0.2) is 29.3 Å². The Hall–Kier alpha value is -1.76. The highest BCUT2D eigenvalue weighted by Gasteiger charge is 2.22. The first-order valence-electron chi connectivity index (χ1n) is 8.31. The second-order valence-corrected chi connectivity index (χ2v) is 8.46. The zero-order chi connectivity index (χ0) is 17.4. The monoisotopic (exact) mass is 353 g/mol. The summed E-state index contributed by atoms with van der Waals surface area (Å²) in [6, 6.07) is 7.99. The SMILES string of the molecule is CN=C(NCCCS(C)(=O)=O)NCc1ccccc1OCC1CC1. The van der Waals surface area contributed by atoms with Crippen molar-refractivity contribution in [3.63, 3.8) is 0 Å². The van der Waals surface area contributed by atoms with Crippen LogP contribution in [0.4, 0.5) is 0 Å². The first-order chi connectivity index (χ1) is 11.5. The summed E-state index contributed by atoms with van der Waals surface area (Å²) in [5.74, 6) is 2.45. The number of para-hydroxylation sites is 1. The standard InChI is InChI=1S/C17H27N3O3S/c1-18-17(19-10-5-11-24(2,21)22)20-12-15-6-3-4-7-16(15)23-13-14-8-9-14/h3-4,6-7,14H,5,8-13H2,1-2H3,(H2,18,19,20). The maximum Gasteiger partial charge on any atom is 0.191 e. The van der Waals surface area contributed by atoms with Crippen molar-refractivity contribution < 1.29 is 13.2 Å². The van der Waals surface area contributed by atoms with E-state index in [-0.39, 0.29) is 5.75 Å². The first-order valence-corrected chi connectivity index (χ1v) is 10.4. The lowest BCUT2D eigenvalue weighted by Crippen LogP contribution is -2.37. The van der Waals surface area contributed by atoms with Gasteiger partial charge in [-0.15, -0.1) is 0 Å². The van der Waals surface area contributed by atoms with Gasteiger partial charge < -0.3 is 15.4 Å². The number of nitrogens with one attached hydrogen (secondary N) is 2. The molecule has 0 amide bonds. The van der Waals surface area contributed by atoms with E-state index < -0.39 is 9.84 Å². The highest BCUT2D eigenvalue weighted by molar-refractivity contribution is 7.90. The Bertz CT molecular complexity index is 655. The molecule has 1 aromatic rings. The fraction of sp³-hybridized carbons (Fsp3) is 0.588. The molecule has 0 saturated heterocycles. The summed E-state index contributed by atoms with van der Waals surface area (Å²) in [4.78, 5) is 4.16. The van der Waals surface area contributed by atoms with Crippen molar-refractivity contribution in [2.45, 2.75) is 25.8 Å². The quantitative estimate of drug-likeness (QED) is 0.400. The van der Waals surface area contributed by atoms with E-state index >= 15 is 0 Å². The van der Waals surface area contributed by atoms with Gasteiger partial charge in [0.05, 0.1) is 12.4 Å². The predicted molar refractivity (Wildman–Crippen MR) is 97.2 cm³/mol. The van der Waals surface area contributed by atoms with Crippen LogP contribution in [0.2, 0.25) is 0 Å². The van der Waals surface area contributed by atoms with E-state index in [1.165, 1.54) is 19.1 Å². The molecule has 0 aliphatic heterocycles. The van der Waals surface area contributed by atoms with Crippen molar-refractivity contribution in [2.24, 2.45) is 10.9 Å². The average Bonchev–Trinajstić information content (AvgIpc) is 3.36. The molecule has 2 N–H and O–H groups in total. The molecule has 7 heteroatoms. The number of benzene rings is 1. The Morgan fingerprint density at radius 3 is 2.71 bits per heavy atom. The van der Waals surface area contributed by atoms with Crippen molar-refractivity contribution in [3.8, 4) is 5.75 Å². The topological polar surface area (TPSA) is 79.8 Å². The minimum atomic E-state index is -2.91. The number of sulfone groups is 1. The van der Waals surface area contributed by atoms with Gasteiger partial charge in [-0.3, -0.25) is 4.99 Å². The van der Waals surface area contributed by atoms with Gasteiger partial charge in [0.2, 0.25) is 0 Å². The number of guanidine groups is 1. The number of hydrogen-bond donors (Lipinski definition) is 2. The molecule has 1 aliphatic rings. The molecule has 0 heterocycles. The van der Waals surface area contributed by atoms with Crippen LogP contribution in [-0.2, 0) is 16.4 Å². The Morgan fingerprint density at radius 2 is 2.04 bits per heavy atom. The van der Waals surface area contributed by atoms with Crippen molar-refractivity contribution in [3.05, 3.63) is 29.8 Å². The number of hydrogen-bond acceptors (Lipinski definition) is 4. The lowest BCUT2D eigenvalue weighted by atomic mass is 10.2. The van der Waals surface area contributed by atoms with Gasteiger partial charge in [-0.2, -0.15) is 0 Å². The van der Waals surface area contributed by atoms with Gasteiger partial charge in [0.15, 0.2) is 5.96 Å². The van der Waals surface area contributed by atoms with Crippen LogP contribution in [-0.4, -0.2) is 46.6 Å². The molecule has 1 fully saturated rings. The molecule has 0 atom stereocenters. The van der Waals surface area contributed by atoms with Gasteiger partial charge in [-0.1, -0.05) is 18.2 Å². The second kappa shape index (κ2) is 8.92. The second-order valence-electron chi connectivity index (χ2n) is 6.20. The molecule has 0 radical (unpaired) electrons. The van der Waals surface area contributed by atoms with Gasteiger partial charge in [-0.05, 0) is 31.2 Å². The Kier molecular flexibility index (Phi) is 6.90. The van der Waals surface area contributed by atoms with Gasteiger partial charge in [0, 0.05) is 32.0 Å². The Labute approximate surface area is 144 Å². The summed E-state index contributed by atoms with van der Waals surface area (Å²) < 4.78 is 28.1. The van der Waals surface area contributed by atoms with Crippen molar-refractivity contribution in [1.29, 1.82) is 0 Å². The molecule has 0 unspecified atom stereocenters. The van der Waals surface area contributed by atoms with Crippen LogP contribution in [0.5, 0.6) is 5.75 Å². The number of ether oxygens (including phenoxy) is 1. The van der Waals surface area contributed by atoms with E-state index in [0.29, 0.717) is 25.5 Å². The fourth-order valence-corrected chi connectivity index (χ4v) is 2.89. The third-order valence-corrected chi connectivity index (χ3v) is 4.83. The normalized spacial score (nSPS) is 15.2. The first kappa shape index (κ1) is 18.6. The average molecular weight is 353 g/mol. The summed E-state index contributed by atoms with van der Waals surface area (Å²) in [6.07, 6.45) is 4.34. The van der Waals surface area contributed by atoms with Crippen molar-refractivity contribution >= 4 is 15.8 Å². The van der Waals surface area contributed by atoms with Crippen LogP contribution in [0.25, 0.3) is 0 Å². The summed E-state index contributed by atoms with van der Waals surface area (Å²) >= 11 is 0. The third-order valence-electron chi connectivity index (χ3n) is 3.80. The van der Waals surface area contributed by atoms with Gasteiger partial charge in [0.1, 0.15) is 15.6 Å². The van der Waals surface area contributed by atoms with E-state index in [0.717, 1.165) is 23.8 Å². The molecular formula is C17H27N3O3S.